The SMILES string of the molecule is CCCCCCCCCCCCCCn1cc[n+](Cc2ccc(N=Nc3ccccc3)cc2)c1. The summed E-state index contributed by atoms with van der Waals surface area (Å²) < 4.78 is 4.57. The normalized spacial score (nSPS) is 11.4. The van der Waals surface area contributed by atoms with Gasteiger partial charge in [-0.05, 0) is 42.7 Å². The minimum absolute atomic E-state index is 0.872. The van der Waals surface area contributed by atoms with Crippen LogP contribution in [0.1, 0.15) is 89.5 Å². The first-order chi connectivity index (χ1) is 16.8. The van der Waals surface area contributed by atoms with Crippen molar-refractivity contribution in [1.82, 2.24) is 4.57 Å². The predicted octanol–water partition coefficient (Wildman–Crippen LogP) is 8.94. The van der Waals surface area contributed by atoms with Crippen LogP contribution >= 0.6 is 0 Å². The number of aromatic nitrogens is 2. The van der Waals surface area contributed by atoms with Gasteiger partial charge in [0.15, 0.2) is 0 Å². The van der Waals surface area contributed by atoms with Gasteiger partial charge in [-0.1, -0.05) is 101 Å². The molecule has 1 heterocycles. The Morgan fingerprint density at radius 2 is 1.21 bits per heavy atom. The van der Waals surface area contributed by atoms with Crippen molar-refractivity contribution in [3.05, 3.63) is 78.9 Å². The van der Waals surface area contributed by atoms with Crippen molar-refractivity contribution < 1.29 is 4.57 Å². The standard InChI is InChI=1S/C30H43N4/c1-2-3-4-5-6-7-8-9-10-11-12-16-23-33-24-25-34(27-33)26-28-19-21-30(22-20-28)32-31-29-17-14-13-15-18-29/h13-15,17-22,24-25,27H,2-12,16,23,26H2,1H3/q+1. The molecule has 4 nitrogen and oxygen atoms in total. The second kappa shape index (κ2) is 16.0. The number of azo groups is 1. The van der Waals surface area contributed by atoms with Gasteiger partial charge in [0.05, 0.1) is 17.9 Å². The monoisotopic (exact) mass is 459 g/mol. The molecule has 0 atom stereocenters. The van der Waals surface area contributed by atoms with Crippen molar-refractivity contribution in [2.24, 2.45) is 10.2 Å². The highest BCUT2D eigenvalue weighted by Crippen LogP contribution is 2.18. The molecule has 0 aliphatic heterocycles. The summed E-state index contributed by atoms with van der Waals surface area (Å²) in [5.41, 5.74) is 3.02. The van der Waals surface area contributed by atoms with Crippen molar-refractivity contribution in [2.75, 3.05) is 0 Å². The molecule has 4 heteroatoms. The smallest absolute Gasteiger partial charge is 0.237 e. The number of benzene rings is 2. The number of rotatable bonds is 17. The number of hydrogen-bond donors (Lipinski definition) is 0. The highest BCUT2D eigenvalue weighted by atomic mass is 15.1. The molecule has 0 N–H and O–H groups in total. The number of aryl methyl sites for hydroxylation is 1. The predicted molar refractivity (Wildman–Crippen MR) is 142 cm³/mol. The summed E-state index contributed by atoms with van der Waals surface area (Å²) in [7, 11) is 0. The van der Waals surface area contributed by atoms with Gasteiger partial charge in [0.2, 0.25) is 6.33 Å². The average Bonchev–Trinajstić information content (AvgIpc) is 3.32. The van der Waals surface area contributed by atoms with Crippen LogP contribution in [0.3, 0.4) is 0 Å². The fraction of sp³-hybridized carbons (Fsp3) is 0.500. The van der Waals surface area contributed by atoms with Crippen LogP contribution in [0.25, 0.3) is 0 Å². The van der Waals surface area contributed by atoms with Crippen LogP contribution in [-0.2, 0) is 13.1 Å². The Morgan fingerprint density at radius 1 is 0.647 bits per heavy atom. The van der Waals surface area contributed by atoms with E-state index in [0.29, 0.717) is 0 Å². The zero-order valence-electron chi connectivity index (χ0n) is 21.1. The lowest BCUT2D eigenvalue weighted by Gasteiger charge is -2.02. The lowest BCUT2D eigenvalue weighted by molar-refractivity contribution is -0.687. The Labute approximate surface area is 206 Å². The van der Waals surface area contributed by atoms with Gasteiger partial charge in [-0.2, -0.15) is 10.2 Å². The Bertz CT molecular complexity index is 928. The second-order valence-corrected chi connectivity index (χ2v) is 9.41. The van der Waals surface area contributed by atoms with Crippen LogP contribution in [0.5, 0.6) is 0 Å². The minimum atomic E-state index is 0.872. The highest BCUT2D eigenvalue weighted by Gasteiger charge is 2.05. The van der Waals surface area contributed by atoms with Crippen LogP contribution < -0.4 is 4.57 Å². The van der Waals surface area contributed by atoms with Crippen molar-refractivity contribution in [3.63, 3.8) is 0 Å². The maximum absolute atomic E-state index is 4.33. The molecule has 0 saturated heterocycles. The van der Waals surface area contributed by atoms with E-state index in [4.69, 9.17) is 0 Å². The van der Waals surface area contributed by atoms with E-state index in [1.54, 1.807) is 0 Å². The van der Waals surface area contributed by atoms with Crippen molar-refractivity contribution in [3.8, 4) is 0 Å². The van der Waals surface area contributed by atoms with Crippen LogP contribution in [0.2, 0.25) is 0 Å². The lowest BCUT2D eigenvalue weighted by Crippen LogP contribution is -2.31. The molecule has 0 unspecified atom stereocenters. The first-order valence-corrected chi connectivity index (χ1v) is 13.4. The van der Waals surface area contributed by atoms with Crippen LogP contribution in [0.4, 0.5) is 11.4 Å². The second-order valence-electron chi connectivity index (χ2n) is 9.41. The van der Waals surface area contributed by atoms with Crippen LogP contribution in [0, 0.1) is 0 Å². The molecule has 1 aromatic heterocycles. The topological polar surface area (TPSA) is 33.5 Å². The van der Waals surface area contributed by atoms with E-state index in [-0.39, 0.29) is 0 Å². The summed E-state index contributed by atoms with van der Waals surface area (Å²) in [5.74, 6) is 0. The highest BCUT2D eigenvalue weighted by molar-refractivity contribution is 5.40. The number of hydrogen-bond acceptors (Lipinski definition) is 2. The average molecular weight is 460 g/mol. The van der Waals surface area contributed by atoms with Crippen molar-refractivity contribution in [2.45, 2.75) is 97.1 Å². The first-order valence-electron chi connectivity index (χ1n) is 13.4. The fourth-order valence-corrected chi connectivity index (χ4v) is 4.29. The van der Waals surface area contributed by atoms with Gasteiger partial charge in [-0.3, -0.25) is 0 Å². The molecule has 182 valence electrons. The quantitative estimate of drug-likeness (QED) is 0.110. The molecule has 0 radical (unpaired) electrons. The molecule has 0 bridgehead atoms. The minimum Gasteiger partial charge on any atom is -0.237 e. The third-order valence-corrected chi connectivity index (χ3v) is 6.35. The molecule has 0 fully saturated rings. The molecule has 0 amide bonds. The zero-order valence-corrected chi connectivity index (χ0v) is 21.1. The fourth-order valence-electron chi connectivity index (χ4n) is 4.29. The molecule has 0 spiro atoms. The van der Waals surface area contributed by atoms with E-state index >= 15 is 0 Å². The molecule has 0 saturated carbocycles. The van der Waals surface area contributed by atoms with Crippen molar-refractivity contribution >= 4 is 11.4 Å². The van der Waals surface area contributed by atoms with Crippen molar-refractivity contribution in [1.29, 1.82) is 0 Å². The largest absolute Gasteiger partial charge is 0.244 e. The number of unbranched alkanes of at least 4 members (excludes halogenated alkanes) is 11. The number of nitrogens with zero attached hydrogens (tertiary/aromatic N) is 4. The molecule has 0 aliphatic rings. The maximum Gasteiger partial charge on any atom is 0.244 e. The molecule has 0 aliphatic carbocycles. The Morgan fingerprint density at radius 3 is 1.82 bits per heavy atom. The third kappa shape index (κ3) is 10.5. The van der Waals surface area contributed by atoms with E-state index in [0.717, 1.165) is 24.5 Å². The maximum atomic E-state index is 4.33. The summed E-state index contributed by atoms with van der Waals surface area (Å²) in [4.78, 5) is 0. The Kier molecular flexibility index (Phi) is 12.2. The van der Waals surface area contributed by atoms with Gasteiger partial charge >= 0.3 is 0 Å². The van der Waals surface area contributed by atoms with Gasteiger partial charge in [-0.15, -0.1) is 0 Å². The summed E-state index contributed by atoms with van der Waals surface area (Å²) in [6, 6.07) is 18.2. The van der Waals surface area contributed by atoms with Gasteiger partial charge in [0, 0.05) is 0 Å². The van der Waals surface area contributed by atoms with E-state index in [1.165, 1.54) is 82.6 Å². The third-order valence-electron chi connectivity index (χ3n) is 6.35. The molecule has 2 aromatic carbocycles. The first kappa shape index (κ1) is 25.9. The number of imidazole rings is 1. The van der Waals surface area contributed by atoms with E-state index in [1.807, 2.05) is 42.5 Å². The van der Waals surface area contributed by atoms with E-state index in [2.05, 4.69) is 57.1 Å². The summed E-state index contributed by atoms with van der Waals surface area (Å²) >= 11 is 0. The van der Waals surface area contributed by atoms with E-state index < -0.39 is 0 Å². The van der Waals surface area contributed by atoms with Crippen LogP contribution in [0.15, 0.2) is 83.5 Å². The summed E-state index contributed by atoms with van der Waals surface area (Å²) in [5, 5.41) is 8.61. The summed E-state index contributed by atoms with van der Waals surface area (Å²) in [6.07, 6.45) is 23.4. The summed E-state index contributed by atoms with van der Waals surface area (Å²) in [6.45, 7) is 4.28. The van der Waals surface area contributed by atoms with Gasteiger partial charge in [-0.25, -0.2) is 9.13 Å². The Balaban J connectivity index is 1.26. The molecule has 3 aromatic rings. The molecular weight excluding hydrogens is 416 g/mol. The zero-order chi connectivity index (χ0) is 23.7. The van der Waals surface area contributed by atoms with Gasteiger partial charge in [0.1, 0.15) is 18.9 Å². The van der Waals surface area contributed by atoms with Gasteiger partial charge < -0.3 is 0 Å². The molecule has 3 rings (SSSR count). The molecule has 34 heavy (non-hydrogen) atoms. The lowest BCUT2D eigenvalue weighted by atomic mass is 10.1. The Hall–Kier alpha value is -2.75. The van der Waals surface area contributed by atoms with Crippen LogP contribution in [-0.4, -0.2) is 4.57 Å². The van der Waals surface area contributed by atoms with E-state index in [9.17, 15) is 0 Å². The van der Waals surface area contributed by atoms with Gasteiger partial charge in [0.25, 0.3) is 0 Å². The molecular formula is C30H43N4+.